The lowest BCUT2D eigenvalue weighted by Gasteiger charge is -2.26. The monoisotopic (exact) mass is 340 g/mol. The van der Waals surface area contributed by atoms with Crippen LogP contribution in [0.15, 0.2) is 48.5 Å². The van der Waals surface area contributed by atoms with Gasteiger partial charge in [-0.1, -0.05) is 18.2 Å². The predicted molar refractivity (Wildman–Crippen MR) is 95.1 cm³/mol. The summed E-state index contributed by atoms with van der Waals surface area (Å²) in [7, 11) is 0. The Labute approximate surface area is 146 Å². The molecule has 0 saturated carbocycles. The molecule has 0 spiro atoms. The summed E-state index contributed by atoms with van der Waals surface area (Å²) in [6.07, 6.45) is 2.97. The van der Waals surface area contributed by atoms with E-state index in [2.05, 4.69) is 5.32 Å². The van der Waals surface area contributed by atoms with Crippen molar-refractivity contribution in [3.05, 3.63) is 65.5 Å². The smallest absolute Gasteiger partial charge is 0.251 e. The number of hydrogen-bond acceptors (Lipinski definition) is 2. The first kappa shape index (κ1) is 17.1. The van der Waals surface area contributed by atoms with Crippen LogP contribution in [0.25, 0.3) is 0 Å². The van der Waals surface area contributed by atoms with Crippen molar-refractivity contribution in [3.8, 4) is 0 Å². The van der Waals surface area contributed by atoms with Crippen LogP contribution in [-0.2, 0) is 11.2 Å². The minimum absolute atomic E-state index is 0.133. The number of benzene rings is 2. The number of anilines is 1. The first-order valence-electron chi connectivity index (χ1n) is 8.57. The number of piperidine rings is 1. The maximum Gasteiger partial charge on any atom is 0.251 e. The molecule has 2 aromatic rings. The summed E-state index contributed by atoms with van der Waals surface area (Å²) < 4.78 is 13.5. The number of nitrogens with one attached hydrogen (secondary N) is 1. The average molecular weight is 340 g/mol. The maximum absolute atomic E-state index is 13.5. The molecule has 1 saturated heterocycles. The molecule has 0 radical (unpaired) electrons. The number of amides is 2. The maximum atomic E-state index is 13.5. The quantitative estimate of drug-likeness (QED) is 0.908. The Morgan fingerprint density at radius 1 is 1.08 bits per heavy atom. The molecule has 0 bridgehead atoms. The van der Waals surface area contributed by atoms with E-state index in [1.807, 2.05) is 0 Å². The Balaban J connectivity index is 1.55. The summed E-state index contributed by atoms with van der Waals surface area (Å²) in [5, 5.41) is 2.80. The molecule has 3 rings (SSSR count). The summed E-state index contributed by atoms with van der Waals surface area (Å²) in [4.78, 5) is 25.9. The van der Waals surface area contributed by atoms with Gasteiger partial charge in [0.1, 0.15) is 5.82 Å². The fourth-order valence-corrected chi connectivity index (χ4v) is 2.99. The van der Waals surface area contributed by atoms with Gasteiger partial charge in [-0.25, -0.2) is 4.39 Å². The van der Waals surface area contributed by atoms with Crippen LogP contribution in [-0.4, -0.2) is 24.9 Å². The molecular formula is C20H21FN2O2. The molecule has 25 heavy (non-hydrogen) atoms. The zero-order valence-corrected chi connectivity index (χ0v) is 14.0. The summed E-state index contributed by atoms with van der Waals surface area (Å²) in [5.41, 5.74) is 1.94. The Bertz CT molecular complexity index is 759. The van der Waals surface area contributed by atoms with Crippen LogP contribution in [0.4, 0.5) is 10.1 Å². The van der Waals surface area contributed by atoms with Crippen molar-refractivity contribution in [3.63, 3.8) is 0 Å². The molecule has 1 heterocycles. The van der Waals surface area contributed by atoms with E-state index in [1.165, 1.54) is 6.07 Å². The van der Waals surface area contributed by atoms with Crippen molar-refractivity contribution in [2.24, 2.45) is 0 Å². The number of hydrogen-bond donors (Lipinski definition) is 1. The number of rotatable bonds is 5. The highest BCUT2D eigenvalue weighted by Gasteiger charge is 2.19. The molecule has 0 aliphatic carbocycles. The van der Waals surface area contributed by atoms with Gasteiger partial charge < -0.3 is 10.2 Å². The molecule has 0 unspecified atom stereocenters. The molecule has 1 N–H and O–H groups in total. The second-order valence-corrected chi connectivity index (χ2v) is 6.15. The van der Waals surface area contributed by atoms with Crippen LogP contribution in [0.2, 0.25) is 0 Å². The lowest BCUT2D eigenvalue weighted by atomic mass is 10.1. The largest absolute Gasteiger partial charge is 0.352 e. The van der Waals surface area contributed by atoms with E-state index in [-0.39, 0.29) is 17.6 Å². The molecule has 5 heteroatoms. The topological polar surface area (TPSA) is 49.4 Å². The fraction of sp³-hybridized carbons (Fsp3) is 0.300. The van der Waals surface area contributed by atoms with Crippen LogP contribution in [0, 0.1) is 5.82 Å². The van der Waals surface area contributed by atoms with Crippen LogP contribution < -0.4 is 10.2 Å². The molecule has 1 fully saturated rings. The molecule has 1 aliphatic rings. The third-order valence-electron chi connectivity index (χ3n) is 4.40. The minimum atomic E-state index is -0.257. The van der Waals surface area contributed by atoms with E-state index in [0.29, 0.717) is 30.5 Å². The van der Waals surface area contributed by atoms with Crippen molar-refractivity contribution in [1.82, 2.24) is 5.32 Å². The standard InChI is InChI=1S/C20H21FN2O2/c21-18-6-2-1-5-15(18)12-13-22-20(25)16-8-10-17(11-9-16)23-14-4-3-7-19(23)24/h1-2,5-6,8-11H,3-4,7,12-14H2,(H,22,25). The zero-order valence-electron chi connectivity index (χ0n) is 14.0. The van der Waals surface area contributed by atoms with Gasteiger partial charge in [0.15, 0.2) is 0 Å². The molecule has 0 aromatic heterocycles. The second-order valence-electron chi connectivity index (χ2n) is 6.15. The summed E-state index contributed by atoms with van der Waals surface area (Å²) in [6, 6.07) is 13.6. The van der Waals surface area contributed by atoms with Crippen LogP contribution in [0.1, 0.15) is 35.2 Å². The van der Waals surface area contributed by atoms with Crippen molar-refractivity contribution >= 4 is 17.5 Å². The number of carbonyl (C=O) groups is 2. The van der Waals surface area contributed by atoms with Gasteiger partial charge >= 0.3 is 0 Å². The lowest BCUT2D eigenvalue weighted by Crippen LogP contribution is -2.35. The van der Waals surface area contributed by atoms with E-state index < -0.39 is 0 Å². The Morgan fingerprint density at radius 2 is 1.84 bits per heavy atom. The van der Waals surface area contributed by atoms with Gasteiger partial charge in [-0.05, 0) is 55.2 Å². The first-order chi connectivity index (χ1) is 12.1. The first-order valence-corrected chi connectivity index (χ1v) is 8.57. The average Bonchev–Trinajstić information content (AvgIpc) is 2.64. The zero-order chi connectivity index (χ0) is 17.6. The summed E-state index contributed by atoms with van der Waals surface area (Å²) >= 11 is 0. The van der Waals surface area contributed by atoms with Crippen molar-refractivity contribution in [2.45, 2.75) is 25.7 Å². The van der Waals surface area contributed by atoms with Crippen LogP contribution >= 0.6 is 0 Å². The minimum Gasteiger partial charge on any atom is -0.352 e. The number of halogens is 1. The molecule has 130 valence electrons. The van der Waals surface area contributed by atoms with Crippen molar-refractivity contribution in [1.29, 1.82) is 0 Å². The Hall–Kier alpha value is -2.69. The van der Waals surface area contributed by atoms with Gasteiger partial charge in [0.05, 0.1) is 0 Å². The molecule has 0 atom stereocenters. The van der Waals surface area contributed by atoms with Crippen LogP contribution in [0.5, 0.6) is 0 Å². The lowest BCUT2D eigenvalue weighted by molar-refractivity contribution is -0.119. The van der Waals surface area contributed by atoms with E-state index in [9.17, 15) is 14.0 Å². The van der Waals surface area contributed by atoms with Gasteiger partial charge in [0.2, 0.25) is 5.91 Å². The second kappa shape index (κ2) is 7.92. The van der Waals surface area contributed by atoms with Gasteiger partial charge in [-0.2, -0.15) is 0 Å². The Kier molecular flexibility index (Phi) is 5.43. The number of nitrogens with zero attached hydrogens (tertiary/aromatic N) is 1. The molecule has 4 nitrogen and oxygen atoms in total. The molecular weight excluding hydrogens is 319 g/mol. The van der Waals surface area contributed by atoms with E-state index >= 15 is 0 Å². The third-order valence-corrected chi connectivity index (χ3v) is 4.40. The van der Waals surface area contributed by atoms with Crippen molar-refractivity contribution < 1.29 is 14.0 Å². The highest BCUT2D eigenvalue weighted by Crippen LogP contribution is 2.21. The summed E-state index contributed by atoms with van der Waals surface area (Å²) in [6.45, 7) is 1.10. The van der Waals surface area contributed by atoms with E-state index in [4.69, 9.17) is 0 Å². The van der Waals surface area contributed by atoms with Gasteiger partial charge in [-0.3, -0.25) is 9.59 Å². The van der Waals surface area contributed by atoms with E-state index in [0.717, 1.165) is 25.1 Å². The molecule has 2 amide bonds. The fourth-order valence-electron chi connectivity index (χ4n) is 2.99. The third kappa shape index (κ3) is 4.24. The Morgan fingerprint density at radius 3 is 2.56 bits per heavy atom. The van der Waals surface area contributed by atoms with Crippen molar-refractivity contribution in [2.75, 3.05) is 18.0 Å². The normalized spacial score (nSPS) is 14.4. The van der Waals surface area contributed by atoms with E-state index in [1.54, 1.807) is 47.4 Å². The molecule has 2 aromatic carbocycles. The number of carbonyl (C=O) groups excluding carboxylic acids is 2. The van der Waals surface area contributed by atoms with Gasteiger partial charge in [0.25, 0.3) is 5.91 Å². The van der Waals surface area contributed by atoms with Gasteiger partial charge in [-0.15, -0.1) is 0 Å². The SMILES string of the molecule is O=C(NCCc1ccccc1F)c1ccc(N2CCCCC2=O)cc1. The highest BCUT2D eigenvalue weighted by molar-refractivity contribution is 5.96. The predicted octanol–water partition coefficient (Wildman–Crippen LogP) is 3.32. The highest BCUT2D eigenvalue weighted by atomic mass is 19.1. The van der Waals surface area contributed by atoms with Crippen LogP contribution in [0.3, 0.4) is 0 Å². The van der Waals surface area contributed by atoms with Gasteiger partial charge in [0, 0.05) is 30.8 Å². The summed E-state index contributed by atoms with van der Waals surface area (Å²) in [5.74, 6) is -0.325. The molecule has 1 aliphatic heterocycles.